The molecule has 146 valence electrons. The summed E-state index contributed by atoms with van der Waals surface area (Å²) in [6, 6.07) is 20.6. The molecule has 0 aliphatic heterocycles. The predicted molar refractivity (Wildman–Crippen MR) is 114 cm³/mol. The highest BCUT2D eigenvalue weighted by molar-refractivity contribution is 6.05. The zero-order valence-electron chi connectivity index (χ0n) is 16.4. The number of benzene rings is 3. The SMILES string of the molecule is CCCOc1ccc(C(=O)Nc2cc(-c3nc4ccccc4o3)ccc2C)cc1. The molecule has 0 bridgehead atoms. The van der Waals surface area contributed by atoms with Crippen LogP contribution in [0.1, 0.15) is 29.3 Å². The van der Waals surface area contributed by atoms with Crippen LogP contribution in [-0.2, 0) is 0 Å². The van der Waals surface area contributed by atoms with E-state index in [1.54, 1.807) is 12.1 Å². The standard InChI is InChI=1S/C24H22N2O3/c1-3-14-28-19-12-10-17(11-13-19)23(27)25-21-15-18(9-8-16(21)2)24-26-20-6-4-5-7-22(20)29-24/h4-13,15H,3,14H2,1-2H3,(H,25,27). The van der Waals surface area contributed by atoms with Gasteiger partial charge in [-0.2, -0.15) is 0 Å². The number of carbonyl (C=O) groups is 1. The summed E-state index contributed by atoms with van der Waals surface area (Å²) in [6.45, 7) is 4.67. The van der Waals surface area contributed by atoms with Crippen molar-refractivity contribution in [2.75, 3.05) is 11.9 Å². The molecule has 0 aliphatic rings. The van der Waals surface area contributed by atoms with E-state index >= 15 is 0 Å². The molecule has 1 heterocycles. The minimum Gasteiger partial charge on any atom is -0.494 e. The molecule has 3 aromatic carbocycles. The number of para-hydroxylation sites is 2. The van der Waals surface area contributed by atoms with Gasteiger partial charge in [0.25, 0.3) is 5.91 Å². The number of aryl methyl sites for hydroxylation is 1. The van der Waals surface area contributed by atoms with Crippen molar-refractivity contribution in [3.63, 3.8) is 0 Å². The summed E-state index contributed by atoms with van der Waals surface area (Å²) in [7, 11) is 0. The number of oxazole rings is 1. The maximum atomic E-state index is 12.7. The first-order chi connectivity index (χ1) is 14.1. The van der Waals surface area contributed by atoms with Crippen molar-refractivity contribution in [1.82, 2.24) is 4.98 Å². The summed E-state index contributed by atoms with van der Waals surface area (Å²) in [5.41, 5.74) is 4.60. The van der Waals surface area contributed by atoms with E-state index < -0.39 is 0 Å². The van der Waals surface area contributed by atoms with Gasteiger partial charge in [0.05, 0.1) is 6.61 Å². The van der Waals surface area contributed by atoms with Gasteiger partial charge in [-0.3, -0.25) is 4.79 Å². The van der Waals surface area contributed by atoms with Gasteiger partial charge >= 0.3 is 0 Å². The summed E-state index contributed by atoms with van der Waals surface area (Å²) < 4.78 is 11.4. The number of carbonyl (C=O) groups excluding carboxylic acids is 1. The van der Waals surface area contributed by atoms with Gasteiger partial charge in [0, 0.05) is 16.8 Å². The van der Waals surface area contributed by atoms with Crippen molar-refractivity contribution >= 4 is 22.7 Å². The molecule has 1 aromatic heterocycles. The van der Waals surface area contributed by atoms with Gasteiger partial charge in [-0.15, -0.1) is 0 Å². The largest absolute Gasteiger partial charge is 0.494 e. The van der Waals surface area contributed by atoms with Crippen LogP contribution in [0, 0.1) is 6.92 Å². The second-order valence-corrected chi connectivity index (χ2v) is 6.84. The summed E-state index contributed by atoms with van der Waals surface area (Å²) in [4.78, 5) is 17.2. The predicted octanol–water partition coefficient (Wildman–Crippen LogP) is 5.84. The van der Waals surface area contributed by atoms with Crippen LogP contribution in [0.3, 0.4) is 0 Å². The van der Waals surface area contributed by atoms with Gasteiger partial charge in [0.15, 0.2) is 5.58 Å². The molecule has 4 rings (SSSR count). The van der Waals surface area contributed by atoms with E-state index in [-0.39, 0.29) is 5.91 Å². The maximum absolute atomic E-state index is 12.7. The average molecular weight is 386 g/mol. The lowest BCUT2D eigenvalue weighted by molar-refractivity contribution is 0.102. The number of anilines is 1. The third-order valence-corrected chi connectivity index (χ3v) is 4.62. The lowest BCUT2D eigenvalue weighted by Gasteiger charge is -2.10. The molecule has 0 radical (unpaired) electrons. The Kier molecular flexibility index (Phi) is 5.29. The Balaban J connectivity index is 1.55. The number of ether oxygens (including phenoxy) is 1. The number of fused-ring (bicyclic) bond motifs is 1. The fourth-order valence-electron chi connectivity index (χ4n) is 3.00. The lowest BCUT2D eigenvalue weighted by Crippen LogP contribution is -2.12. The Hall–Kier alpha value is -3.60. The molecule has 4 aromatic rings. The molecule has 1 N–H and O–H groups in total. The van der Waals surface area contributed by atoms with Crippen molar-refractivity contribution in [2.24, 2.45) is 0 Å². The highest BCUT2D eigenvalue weighted by Crippen LogP contribution is 2.28. The lowest BCUT2D eigenvalue weighted by atomic mass is 10.1. The van der Waals surface area contributed by atoms with Crippen molar-refractivity contribution in [1.29, 1.82) is 0 Å². The fourth-order valence-corrected chi connectivity index (χ4v) is 3.00. The molecule has 0 saturated heterocycles. The first-order valence-corrected chi connectivity index (χ1v) is 9.65. The van der Waals surface area contributed by atoms with E-state index in [9.17, 15) is 4.79 Å². The minimum atomic E-state index is -0.176. The quantitative estimate of drug-likeness (QED) is 0.452. The van der Waals surface area contributed by atoms with Gasteiger partial charge < -0.3 is 14.5 Å². The van der Waals surface area contributed by atoms with E-state index in [0.717, 1.165) is 40.1 Å². The van der Waals surface area contributed by atoms with Crippen LogP contribution < -0.4 is 10.1 Å². The van der Waals surface area contributed by atoms with Crippen LogP contribution in [0.4, 0.5) is 5.69 Å². The molecule has 0 spiro atoms. The third kappa shape index (κ3) is 4.14. The minimum absolute atomic E-state index is 0.176. The van der Waals surface area contributed by atoms with Crippen LogP contribution in [-0.4, -0.2) is 17.5 Å². The molecule has 5 nitrogen and oxygen atoms in total. The Morgan fingerprint density at radius 1 is 1.07 bits per heavy atom. The van der Waals surface area contributed by atoms with E-state index in [2.05, 4.69) is 17.2 Å². The number of aromatic nitrogens is 1. The van der Waals surface area contributed by atoms with Crippen LogP contribution in [0.15, 0.2) is 71.1 Å². The van der Waals surface area contributed by atoms with E-state index in [1.165, 1.54) is 0 Å². The zero-order chi connectivity index (χ0) is 20.2. The van der Waals surface area contributed by atoms with Crippen LogP contribution in [0.5, 0.6) is 5.75 Å². The van der Waals surface area contributed by atoms with E-state index in [1.807, 2.05) is 61.5 Å². The Morgan fingerprint density at radius 3 is 2.62 bits per heavy atom. The smallest absolute Gasteiger partial charge is 0.255 e. The summed E-state index contributed by atoms with van der Waals surface area (Å²) in [5.74, 6) is 1.11. The third-order valence-electron chi connectivity index (χ3n) is 4.62. The summed E-state index contributed by atoms with van der Waals surface area (Å²) in [5, 5.41) is 2.98. The van der Waals surface area contributed by atoms with Gasteiger partial charge in [0.2, 0.25) is 5.89 Å². The number of hydrogen-bond acceptors (Lipinski definition) is 4. The molecular formula is C24H22N2O3. The highest BCUT2D eigenvalue weighted by atomic mass is 16.5. The molecule has 0 unspecified atom stereocenters. The second-order valence-electron chi connectivity index (χ2n) is 6.84. The van der Waals surface area contributed by atoms with Crippen molar-refractivity contribution < 1.29 is 13.9 Å². The summed E-state index contributed by atoms with van der Waals surface area (Å²) in [6.07, 6.45) is 0.942. The molecular weight excluding hydrogens is 364 g/mol. The number of amides is 1. The van der Waals surface area contributed by atoms with Crippen molar-refractivity contribution in [2.45, 2.75) is 20.3 Å². The molecule has 5 heteroatoms. The van der Waals surface area contributed by atoms with Gasteiger partial charge in [-0.25, -0.2) is 4.98 Å². The maximum Gasteiger partial charge on any atom is 0.255 e. The Bertz CT molecular complexity index is 1110. The van der Waals surface area contributed by atoms with Crippen LogP contribution >= 0.6 is 0 Å². The van der Waals surface area contributed by atoms with Gasteiger partial charge in [-0.1, -0.05) is 25.1 Å². The Labute approximate surface area is 169 Å². The number of nitrogens with zero attached hydrogens (tertiary/aromatic N) is 1. The Morgan fingerprint density at radius 2 is 1.86 bits per heavy atom. The summed E-state index contributed by atoms with van der Waals surface area (Å²) >= 11 is 0. The molecule has 0 aliphatic carbocycles. The average Bonchev–Trinajstić information content (AvgIpc) is 3.18. The number of hydrogen-bond donors (Lipinski definition) is 1. The molecule has 0 fully saturated rings. The number of nitrogens with one attached hydrogen (secondary N) is 1. The fraction of sp³-hybridized carbons (Fsp3) is 0.167. The molecule has 0 atom stereocenters. The number of rotatable bonds is 6. The topological polar surface area (TPSA) is 64.4 Å². The first kappa shape index (κ1) is 18.7. The van der Waals surface area contributed by atoms with Crippen molar-refractivity contribution in [3.05, 3.63) is 77.9 Å². The second kappa shape index (κ2) is 8.19. The van der Waals surface area contributed by atoms with Crippen molar-refractivity contribution in [3.8, 4) is 17.2 Å². The van der Waals surface area contributed by atoms with E-state index in [0.29, 0.717) is 18.1 Å². The van der Waals surface area contributed by atoms with E-state index in [4.69, 9.17) is 9.15 Å². The highest BCUT2D eigenvalue weighted by Gasteiger charge is 2.12. The molecule has 1 amide bonds. The zero-order valence-corrected chi connectivity index (χ0v) is 16.4. The van der Waals surface area contributed by atoms with Crippen LogP contribution in [0.2, 0.25) is 0 Å². The monoisotopic (exact) mass is 386 g/mol. The first-order valence-electron chi connectivity index (χ1n) is 9.65. The van der Waals surface area contributed by atoms with Gasteiger partial charge in [0.1, 0.15) is 11.3 Å². The molecule has 29 heavy (non-hydrogen) atoms. The molecule has 0 saturated carbocycles. The van der Waals surface area contributed by atoms with Gasteiger partial charge in [-0.05, 0) is 67.4 Å². The van der Waals surface area contributed by atoms with Crippen LogP contribution in [0.25, 0.3) is 22.6 Å². The normalized spacial score (nSPS) is 10.8.